The van der Waals surface area contributed by atoms with Crippen LogP contribution in [0.15, 0.2) is 36.5 Å². The van der Waals surface area contributed by atoms with Crippen LogP contribution < -0.4 is 20.1 Å². The second-order valence-corrected chi connectivity index (χ2v) is 9.50. The Morgan fingerprint density at radius 3 is 2.71 bits per heavy atom. The molecule has 3 heterocycles. The second-order valence-electron chi connectivity index (χ2n) is 9.50. The maximum Gasteiger partial charge on any atom is 0.325 e. The average molecular weight is 523 g/mol. The van der Waals surface area contributed by atoms with Gasteiger partial charge in [-0.2, -0.15) is 0 Å². The van der Waals surface area contributed by atoms with E-state index in [2.05, 4.69) is 10.6 Å². The van der Waals surface area contributed by atoms with E-state index in [0.717, 1.165) is 32.1 Å². The van der Waals surface area contributed by atoms with Gasteiger partial charge in [-0.25, -0.2) is 4.98 Å². The van der Waals surface area contributed by atoms with Crippen molar-refractivity contribution in [1.29, 1.82) is 0 Å². The molecular weight excluding hydrogens is 492 g/mol. The molecule has 38 heavy (non-hydrogen) atoms. The minimum atomic E-state index is -0.945. The molecule has 1 amide bonds. The number of anilines is 1. The summed E-state index contributed by atoms with van der Waals surface area (Å²) in [5, 5.41) is 15.6. The van der Waals surface area contributed by atoms with Crippen molar-refractivity contribution in [1.82, 2.24) is 14.7 Å². The Morgan fingerprint density at radius 1 is 1.16 bits per heavy atom. The summed E-state index contributed by atoms with van der Waals surface area (Å²) in [4.78, 5) is 41.8. The fraction of sp³-hybridized carbons (Fsp3) is 0.407. The third-order valence-corrected chi connectivity index (χ3v) is 7.10. The largest absolute Gasteiger partial charge is 0.481 e. The van der Waals surface area contributed by atoms with Crippen molar-refractivity contribution >= 4 is 29.3 Å². The minimum absolute atomic E-state index is 0.110. The van der Waals surface area contributed by atoms with E-state index in [1.54, 1.807) is 34.9 Å². The molecule has 1 fully saturated rings. The normalized spacial score (nSPS) is 15.7. The monoisotopic (exact) mass is 522 g/mol. The molecule has 11 heteroatoms. The van der Waals surface area contributed by atoms with Gasteiger partial charge >= 0.3 is 11.9 Å². The van der Waals surface area contributed by atoms with Crippen LogP contribution >= 0.6 is 0 Å². The number of pyridine rings is 1. The number of rotatable bonds is 9. The lowest BCUT2D eigenvalue weighted by atomic mass is 9.82. The van der Waals surface area contributed by atoms with Gasteiger partial charge in [-0.1, -0.05) is 19.3 Å². The standard InChI is InChI=1S/C27H30N4O7/c1-36-23(34)14-28-26-24(17-9-10-20-21(12-17)38-15-37-20)30-25-18(8-5-11-31(25)26)27(35)29-19(13-22(32)33)16-6-3-2-4-7-16/h5,8-12,16,19,28H,2-4,6-7,13-15H2,1H3,(H,29,35)(H,32,33). The molecule has 5 rings (SSSR count). The number of hydrogen-bond acceptors (Lipinski definition) is 8. The molecule has 1 aliphatic carbocycles. The minimum Gasteiger partial charge on any atom is -0.481 e. The van der Waals surface area contributed by atoms with Crippen LogP contribution in [-0.4, -0.2) is 58.8 Å². The fourth-order valence-corrected chi connectivity index (χ4v) is 5.19. The van der Waals surface area contributed by atoms with Gasteiger partial charge in [0.25, 0.3) is 5.91 Å². The molecule has 1 saturated carbocycles. The van der Waals surface area contributed by atoms with Crippen LogP contribution in [0.1, 0.15) is 48.9 Å². The smallest absolute Gasteiger partial charge is 0.325 e. The maximum atomic E-state index is 13.5. The van der Waals surface area contributed by atoms with Gasteiger partial charge < -0.3 is 30.0 Å². The molecule has 200 valence electrons. The summed E-state index contributed by atoms with van der Waals surface area (Å²) in [6.45, 7) is 0.0147. The van der Waals surface area contributed by atoms with E-state index in [1.807, 2.05) is 6.07 Å². The first-order valence-electron chi connectivity index (χ1n) is 12.7. The zero-order valence-corrected chi connectivity index (χ0v) is 21.1. The van der Waals surface area contributed by atoms with Crippen LogP contribution in [0.5, 0.6) is 11.5 Å². The Morgan fingerprint density at radius 2 is 1.95 bits per heavy atom. The van der Waals surface area contributed by atoms with Gasteiger partial charge in [0.1, 0.15) is 18.1 Å². The summed E-state index contributed by atoms with van der Waals surface area (Å²) in [6.07, 6.45) is 6.57. The number of carboxylic acid groups (broad SMARTS) is 1. The number of amides is 1. The van der Waals surface area contributed by atoms with Gasteiger partial charge in [-0.05, 0) is 49.1 Å². The number of benzene rings is 1. The lowest BCUT2D eigenvalue weighted by Gasteiger charge is -2.30. The summed E-state index contributed by atoms with van der Waals surface area (Å²) in [6, 6.07) is 8.29. The van der Waals surface area contributed by atoms with E-state index in [9.17, 15) is 19.5 Å². The van der Waals surface area contributed by atoms with Gasteiger partial charge in [0.2, 0.25) is 6.79 Å². The molecular formula is C27H30N4O7. The molecule has 0 saturated heterocycles. The van der Waals surface area contributed by atoms with Crippen molar-refractivity contribution in [3.8, 4) is 22.8 Å². The molecule has 2 aliphatic rings. The van der Waals surface area contributed by atoms with E-state index in [0.29, 0.717) is 39.8 Å². The highest BCUT2D eigenvalue weighted by Gasteiger charge is 2.29. The maximum absolute atomic E-state index is 13.5. The first-order chi connectivity index (χ1) is 18.4. The van der Waals surface area contributed by atoms with Gasteiger partial charge in [0.05, 0.1) is 19.1 Å². The molecule has 1 atom stereocenters. The summed E-state index contributed by atoms with van der Waals surface area (Å²) in [5.41, 5.74) is 1.86. The molecule has 0 spiro atoms. The van der Waals surface area contributed by atoms with Crippen LogP contribution in [0.3, 0.4) is 0 Å². The van der Waals surface area contributed by atoms with Crippen molar-refractivity contribution in [2.75, 3.05) is 25.8 Å². The molecule has 11 nitrogen and oxygen atoms in total. The Labute approximate surface area is 219 Å². The zero-order valence-electron chi connectivity index (χ0n) is 21.1. The highest BCUT2D eigenvalue weighted by atomic mass is 16.7. The predicted octanol–water partition coefficient (Wildman–Crippen LogP) is 3.47. The van der Waals surface area contributed by atoms with Crippen LogP contribution in [0.2, 0.25) is 0 Å². The SMILES string of the molecule is COC(=O)CNc1c(-c2ccc3c(c2)OCO3)nc2c(C(=O)NC(CC(=O)O)C3CCCCC3)cccn12. The number of imidazole rings is 1. The lowest BCUT2D eigenvalue weighted by molar-refractivity contribution is -0.139. The second kappa shape index (κ2) is 11.0. The number of carbonyl (C=O) groups excluding carboxylic acids is 2. The average Bonchev–Trinajstić information content (AvgIpc) is 3.55. The molecule has 1 unspecified atom stereocenters. The van der Waals surface area contributed by atoms with Gasteiger partial charge in [0, 0.05) is 17.8 Å². The quantitative estimate of drug-likeness (QED) is 0.360. The summed E-state index contributed by atoms with van der Waals surface area (Å²) < 4.78 is 17.4. The number of ether oxygens (including phenoxy) is 3. The predicted molar refractivity (Wildman–Crippen MR) is 137 cm³/mol. The van der Waals surface area contributed by atoms with Crippen molar-refractivity contribution in [2.45, 2.75) is 44.6 Å². The Bertz CT molecular complexity index is 1360. The molecule has 1 aromatic carbocycles. The van der Waals surface area contributed by atoms with Gasteiger partial charge in [0.15, 0.2) is 17.1 Å². The first-order valence-corrected chi connectivity index (χ1v) is 12.7. The molecule has 3 aromatic rings. The number of nitrogens with zero attached hydrogens (tertiary/aromatic N) is 2. The van der Waals surface area contributed by atoms with E-state index in [1.165, 1.54) is 7.11 Å². The van der Waals surface area contributed by atoms with Crippen molar-refractivity contribution in [2.24, 2.45) is 5.92 Å². The lowest BCUT2D eigenvalue weighted by Crippen LogP contribution is -2.42. The number of nitrogens with one attached hydrogen (secondary N) is 2. The molecule has 2 aromatic heterocycles. The number of aromatic nitrogens is 2. The zero-order chi connectivity index (χ0) is 26.6. The highest BCUT2D eigenvalue weighted by molar-refractivity contribution is 6.01. The number of carbonyl (C=O) groups is 3. The number of fused-ring (bicyclic) bond motifs is 2. The van der Waals surface area contributed by atoms with Crippen LogP contribution in [-0.2, 0) is 14.3 Å². The third-order valence-electron chi connectivity index (χ3n) is 7.10. The van der Waals surface area contributed by atoms with E-state index in [-0.39, 0.29) is 25.7 Å². The molecule has 1 aliphatic heterocycles. The molecule has 3 N–H and O–H groups in total. The topological polar surface area (TPSA) is 140 Å². The van der Waals surface area contributed by atoms with Crippen LogP contribution in [0.4, 0.5) is 5.82 Å². The number of methoxy groups -OCH3 is 1. The van der Waals surface area contributed by atoms with E-state index < -0.39 is 23.9 Å². The Hall–Kier alpha value is -4.28. The first kappa shape index (κ1) is 25.4. The van der Waals surface area contributed by atoms with E-state index in [4.69, 9.17) is 19.2 Å². The summed E-state index contributed by atoms with van der Waals surface area (Å²) in [7, 11) is 1.31. The Balaban J connectivity index is 1.52. The van der Waals surface area contributed by atoms with Gasteiger partial charge in [-0.15, -0.1) is 0 Å². The van der Waals surface area contributed by atoms with Crippen molar-refractivity contribution in [3.05, 3.63) is 42.1 Å². The van der Waals surface area contributed by atoms with Crippen LogP contribution in [0.25, 0.3) is 16.9 Å². The summed E-state index contributed by atoms with van der Waals surface area (Å²) >= 11 is 0. The molecule has 0 bridgehead atoms. The third kappa shape index (κ3) is 5.22. The number of hydrogen-bond donors (Lipinski definition) is 3. The molecule has 0 radical (unpaired) electrons. The van der Waals surface area contributed by atoms with Crippen molar-refractivity contribution < 1.29 is 33.7 Å². The Kier molecular flexibility index (Phi) is 7.34. The van der Waals surface area contributed by atoms with Gasteiger partial charge in [-0.3, -0.25) is 18.8 Å². The van der Waals surface area contributed by atoms with Crippen molar-refractivity contribution in [3.63, 3.8) is 0 Å². The van der Waals surface area contributed by atoms with E-state index >= 15 is 0 Å². The number of carboxylic acids is 1. The highest BCUT2D eigenvalue weighted by Crippen LogP contribution is 2.38. The number of esters is 1. The summed E-state index contributed by atoms with van der Waals surface area (Å²) in [5.74, 6) is -0.00440. The fourth-order valence-electron chi connectivity index (χ4n) is 5.19. The van der Waals surface area contributed by atoms with Crippen LogP contribution in [0, 0.1) is 5.92 Å². The number of aliphatic carboxylic acids is 1.